The normalized spacial score (nSPS) is 11.4. The summed E-state index contributed by atoms with van der Waals surface area (Å²) in [5.74, 6) is 0.580. The minimum Gasteiger partial charge on any atom is -0.497 e. The van der Waals surface area contributed by atoms with Gasteiger partial charge in [0, 0.05) is 11.3 Å². The number of nitrogens with one attached hydrogen (secondary N) is 1. The molecule has 0 saturated carbocycles. The highest BCUT2D eigenvalue weighted by Gasteiger charge is 2.16. The molecule has 0 aliphatic carbocycles. The van der Waals surface area contributed by atoms with Crippen LogP contribution in [-0.2, 0) is 9.53 Å². The van der Waals surface area contributed by atoms with Gasteiger partial charge >= 0.3 is 5.97 Å². The van der Waals surface area contributed by atoms with Crippen LogP contribution < -0.4 is 14.8 Å². The first-order chi connectivity index (χ1) is 13.0. The second-order valence-corrected chi connectivity index (χ2v) is 5.99. The molecule has 0 heterocycles. The Hall–Kier alpha value is -3.02. The van der Waals surface area contributed by atoms with Gasteiger partial charge in [-0.25, -0.2) is 4.79 Å². The fraction of sp³-hybridized carbons (Fsp3) is 0.333. The summed E-state index contributed by atoms with van der Waals surface area (Å²) in [6, 6.07) is 13.7. The third-order valence-corrected chi connectivity index (χ3v) is 3.85. The van der Waals surface area contributed by atoms with Crippen molar-refractivity contribution in [2.45, 2.75) is 32.8 Å². The second kappa shape index (κ2) is 10.2. The zero-order chi connectivity index (χ0) is 19.6. The Bertz CT molecular complexity index is 740. The highest BCUT2D eigenvalue weighted by Crippen LogP contribution is 2.18. The van der Waals surface area contributed by atoms with Crippen LogP contribution in [-0.4, -0.2) is 31.7 Å². The van der Waals surface area contributed by atoms with Crippen molar-refractivity contribution in [1.82, 2.24) is 0 Å². The summed E-state index contributed by atoms with van der Waals surface area (Å²) < 4.78 is 15.8. The van der Waals surface area contributed by atoms with Crippen molar-refractivity contribution in [2.75, 3.05) is 19.0 Å². The Kier molecular flexibility index (Phi) is 7.67. The fourth-order valence-corrected chi connectivity index (χ4v) is 2.25. The Balaban J connectivity index is 1.89. The molecule has 0 spiro atoms. The number of amides is 1. The molecule has 0 unspecified atom stereocenters. The Morgan fingerprint density at radius 3 is 2.22 bits per heavy atom. The summed E-state index contributed by atoms with van der Waals surface area (Å²) in [4.78, 5) is 24.1. The first-order valence-corrected chi connectivity index (χ1v) is 8.92. The molecule has 0 aliphatic rings. The van der Waals surface area contributed by atoms with E-state index in [-0.39, 0.29) is 5.91 Å². The van der Waals surface area contributed by atoms with Gasteiger partial charge in [0.15, 0.2) is 6.10 Å². The first-order valence-electron chi connectivity index (χ1n) is 8.92. The van der Waals surface area contributed by atoms with Gasteiger partial charge in [-0.2, -0.15) is 0 Å². The van der Waals surface area contributed by atoms with Crippen LogP contribution >= 0.6 is 0 Å². The van der Waals surface area contributed by atoms with Crippen molar-refractivity contribution in [3.63, 3.8) is 0 Å². The third kappa shape index (κ3) is 6.33. The molecule has 6 nitrogen and oxygen atoms in total. The van der Waals surface area contributed by atoms with Gasteiger partial charge in [-0.1, -0.05) is 13.3 Å². The Labute approximate surface area is 159 Å². The predicted octanol–water partition coefficient (Wildman–Crippen LogP) is 4.06. The van der Waals surface area contributed by atoms with E-state index >= 15 is 0 Å². The van der Waals surface area contributed by atoms with Crippen molar-refractivity contribution < 1.29 is 23.8 Å². The van der Waals surface area contributed by atoms with Gasteiger partial charge in [0.2, 0.25) is 0 Å². The van der Waals surface area contributed by atoms with Crippen molar-refractivity contribution in [1.29, 1.82) is 0 Å². The van der Waals surface area contributed by atoms with E-state index in [0.29, 0.717) is 23.6 Å². The lowest BCUT2D eigenvalue weighted by Gasteiger charge is -2.14. The van der Waals surface area contributed by atoms with Crippen molar-refractivity contribution in [3.05, 3.63) is 54.1 Å². The summed E-state index contributed by atoms with van der Waals surface area (Å²) in [6.45, 7) is 4.06. The third-order valence-electron chi connectivity index (χ3n) is 3.85. The van der Waals surface area contributed by atoms with E-state index in [4.69, 9.17) is 14.2 Å². The molecule has 0 aliphatic heterocycles. The maximum absolute atomic E-state index is 12.3. The molecule has 6 heteroatoms. The summed E-state index contributed by atoms with van der Waals surface area (Å²) >= 11 is 0. The standard InChI is InChI=1S/C21H25NO5/c1-4-5-14-26-21(24)15(2)27-19-10-6-16(7-11-19)20(23)22-17-8-12-18(25-3)13-9-17/h6-13,15H,4-5,14H2,1-3H3,(H,22,23)/t15-/m1/s1. The average Bonchev–Trinajstić information content (AvgIpc) is 2.69. The minimum absolute atomic E-state index is 0.237. The van der Waals surface area contributed by atoms with Crippen molar-refractivity contribution in [2.24, 2.45) is 0 Å². The molecule has 0 aromatic heterocycles. The van der Waals surface area contributed by atoms with Crippen LogP contribution in [0.25, 0.3) is 0 Å². The van der Waals surface area contributed by atoms with Gasteiger partial charge in [0.05, 0.1) is 13.7 Å². The summed E-state index contributed by atoms with van der Waals surface area (Å²) in [5.41, 5.74) is 1.15. The number of ether oxygens (including phenoxy) is 3. The molecule has 0 saturated heterocycles. The number of benzene rings is 2. The smallest absolute Gasteiger partial charge is 0.347 e. The molecule has 1 atom stereocenters. The molecule has 144 valence electrons. The molecule has 2 rings (SSSR count). The van der Waals surface area contributed by atoms with Crippen molar-refractivity contribution >= 4 is 17.6 Å². The predicted molar refractivity (Wildman–Crippen MR) is 103 cm³/mol. The molecule has 0 fully saturated rings. The first kappa shape index (κ1) is 20.3. The molecule has 27 heavy (non-hydrogen) atoms. The van der Waals surface area contributed by atoms with E-state index in [2.05, 4.69) is 5.32 Å². The zero-order valence-electron chi connectivity index (χ0n) is 15.9. The summed E-state index contributed by atoms with van der Waals surface area (Å²) in [6.07, 6.45) is 1.08. The van der Waals surface area contributed by atoms with E-state index < -0.39 is 12.1 Å². The number of anilines is 1. The van der Waals surface area contributed by atoms with E-state index in [0.717, 1.165) is 18.6 Å². The molecule has 0 radical (unpaired) electrons. The number of carbonyl (C=O) groups excluding carboxylic acids is 2. The van der Waals surface area contributed by atoms with Gasteiger partial charge in [0.25, 0.3) is 5.91 Å². The van der Waals surface area contributed by atoms with Gasteiger partial charge in [-0.3, -0.25) is 4.79 Å². The van der Waals surface area contributed by atoms with Crippen LogP contribution in [0.1, 0.15) is 37.0 Å². The number of esters is 1. The number of carbonyl (C=O) groups is 2. The lowest BCUT2D eigenvalue weighted by molar-refractivity contribution is -0.151. The molecule has 1 N–H and O–H groups in total. The van der Waals surface area contributed by atoms with Crippen LogP contribution in [0.3, 0.4) is 0 Å². The van der Waals surface area contributed by atoms with E-state index in [1.165, 1.54) is 0 Å². The number of unbranched alkanes of at least 4 members (excludes halogenated alkanes) is 1. The average molecular weight is 371 g/mol. The molecule has 0 bridgehead atoms. The fourth-order valence-electron chi connectivity index (χ4n) is 2.25. The van der Waals surface area contributed by atoms with E-state index in [9.17, 15) is 9.59 Å². The number of methoxy groups -OCH3 is 1. The topological polar surface area (TPSA) is 73.9 Å². The lowest BCUT2D eigenvalue weighted by Crippen LogP contribution is -2.26. The van der Waals surface area contributed by atoms with Crippen LogP contribution in [0.15, 0.2) is 48.5 Å². The maximum Gasteiger partial charge on any atom is 0.347 e. The lowest BCUT2D eigenvalue weighted by atomic mass is 10.2. The molecule has 1 amide bonds. The van der Waals surface area contributed by atoms with E-state index in [1.807, 2.05) is 6.92 Å². The van der Waals surface area contributed by atoms with Crippen LogP contribution in [0.5, 0.6) is 11.5 Å². The van der Waals surface area contributed by atoms with Crippen molar-refractivity contribution in [3.8, 4) is 11.5 Å². The highest BCUT2D eigenvalue weighted by atomic mass is 16.6. The van der Waals surface area contributed by atoms with Gasteiger partial charge in [0.1, 0.15) is 11.5 Å². The van der Waals surface area contributed by atoms with E-state index in [1.54, 1.807) is 62.6 Å². The maximum atomic E-state index is 12.3. The largest absolute Gasteiger partial charge is 0.497 e. The highest BCUT2D eigenvalue weighted by molar-refractivity contribution is 6.04. The molecular formula is C21H25NO5. The minimum atomic E-state index is -0.708. The van der Waals surface area contributed by atoms with Crippen LogP contribution in [0.4, 0.5) is 5.69 Å². The SMILES string of the molecule is CCCCOC(=O)[C@@H](C)Oc1ccc(C(=O)Nc2ccc(OC)cc2)cc1. The number of rotatable bonds is 9. The van der Waals surface area contributed by atoms with Crippen LogP contribution in [0.2, 0.25) is 0 Å². The zero-order valence-corrected chi connectivity index (χ0v) is 15.9. The Morgan fingerprint density at radius 2 is 1.63 bits per heavy atom. The van der Waals surface area contributed by atoms with Gasteiger partial charge in [-0.05, 0) is 61.9 Å². The van der Waals surface area contributed by atoms with Gasteiger partial charge < -0.3 is 19.5 Å². The Morgan fingerprint density at radius 1 is 1.00 bits per heavy atom. The summed E-state index contributed by atoms with van der Waals surface area (Å²) in [7, 11) is 1.59. The molecule has 2 aromatic carbocycles. The van der Waals surface area contributed by atoms with Gasteiger partial charge in [-0.15, -0.1) is 0 Å². The quantitative estimate of drug-likeness (QED) is 0.531. The summed E-state index contributed by atoms with van der Waals surface area (Å²) in [5, 5.41) is 2.81. The number of hydrogen-bond donors (Lipinski definition) is 1. The molecule has 2 aromatic rings. The molecular weight excluding hydrogens is 346 g/mol. The van der Waals surface area contributed by atoms with Crippen LogP contribution in [0, 0.1) is 0 Å². The second-order valence-electron chi connectivity index (χ2n) is 5.99. The monoisotopic (exact) mass is 371 g/mol. The number of hydrogen-bond acceptors (Lipinski definition) is 5.